The van der Waals surface area contributed by atoms with Crippen molar-refractivity contribution < 1.29 is 19.8 Å². The molecule has 0 fully saturated rings. The van der Waals surface area contributed by atoms with E-state index >= 15 is 0 Å². The van der Waals surface area contributed by atoms with E-state index in [-0.39, 0.29) is 0 Å². The number of hydrogen-bond acceptors (Lipinski definition) is 4. The van der Waals surface area contributed by atoms with E-state index in [1.807, 2.05) is 0 Å². The molecule has 1 atom stereocenters. The van der Waals surface area contributed by atoms with Crippen molar-refractivity contribution in [2.45, 2.75) is 39.5 Å². The van der Waals surface area contributed by atoms with Gasteiger partial charge in [0, 0.05) is 6.61 Å². The standard InChI is InChI=1S/C8H18O.H3O3P/c1-3-5-6-8(4-2)7-9;1-4(2)3/h8-9H,3-7H2,1-2H3;1-3H. The molecule has 0 aliphatic rings. The third-order valence-electron chi connectivity index (χ3n) is 1.80. The van der Waals surface area contributed by atoms with E-state index in [9.17, 15) is 0 Å². The van der Waals surface area contributed by atoms with Gasteiger partial charge in [-0.2, -0.15) is 0 Å². The molecule has 0 aromatic rings. The van der Waals surface area contributed by atoms with Gasteiger partial charge in [0.25, 0.3) is 0 Å². The Morgan fingerprint density at radius 3 is 1.85 bits per heavy atom. The molecule has 82 valence electrons. The van der Waals surface area contributed by atoms with Crippen LogP contribution in [0.4, 0.5) is 0 Å². The minimum Gasteiger partial charge on any atom is -0.396 e. The third-order valence-corrected chi connectivity index (χ3v) is 1.80. The van der Waals surface area contributed by atoms with Crippen LogP contribution in [0.1, 0.15) is 39.5 Å². The van der Waals surface area contributed by atoms with Crippen molar-refractivity contribution in [3.05, 3.63) is 0 Å². The van der Waals surface area contributed by atoms with E-state index in [0.29, 0.717) is 12.5 Å². The van der Waals surface area contributed by atoms with E-state index in [2.05, 4.69) is 13.8 Å². The van der Waals surface area contributed by atoms with Crippen molar-refractivity contribution >= 4 is 8.60 Å². The Balaban J connectivity index is 0. The summed E-state index contributed by atoms with van der Waals surface area (Å²) in [4.78, 5) is 21.7. The molecule has 5 heteroatoms. The van der Waals surface area contributed by atoms with Gasteiger partial charge in [0.15, 0.2) is 0 Å². The van der Waals surface area contributed by atoms with Gasteiger partial charge in [0.1, 0.15) is 0 Å². The van der Waals surface area contributed by atoms with Crippen LogP contribution in [0.25, 0.3) is 0 Å². The molecule has 0 heterocycles. The Bertz CT molecular complexity index is 83.5. The van der Waals surface area contributed by atoms with Gasteiger partial charge in [0.05, 0.1) is 0 Å². The van der Waals surface area contributed by atoms with Crippen molar-refractivity contribution in [1.29, 1.82) is 0 Å². The predicted octanol–water partition coefficient (Wildman–Crippen LogP) is 1.39. The summed E-state index contributed by atoms with van der Waals surface area (Å²) >= 11 is 0. The molecular formula is C8H21O4P. The summed E-state index contributed by atoms with van der Waals surface area (Å²) in [7, 11) is -2.62. The van der Waals surface area contributed by atoms with E-state index in [1.165, 1.54) is 19.3 Å². The molecule has 0 saturated carbocycles. The average molecular weight is 212 g/mol. The van der Waals surface area contributed by atoms with Gasteiger partial charge >= 0.3 is 8.60 Å². The second-order valence-electron chi connectivity index (χ2n) is 2.87. The first-order valence-electron chi connectivity index (χ1n) is 4.56. The molecule has 0 saturated heterocycles. The van der Waals surface area contributed by atoms with Gasteiger partial charge in [0.2, 0.25) is 0 Å². The molecule has 0 aromatic carbocycles. The molecule has 0 aromatic heterocycles. The molecule has 0 rings (SSSR count). The van der Waals surface area contributed by atoms with E-state index in [4.69, 9.17) is 19.8 Å². The van der Waals surface area contributed by atoms with Gasteiger partial charge in [-0.3, -0.25) is 0 Å². The minimum atomic E-state index is -2.62. The van der Waals surface area contributed by atoms with Gasteiger partial charge in [-0.05, 0) is 12.3 Å². The topological polar surface area (TPSA) is 80.9 Å². The second kappa shape index (κ2) is 12.3. The Kier molecular flexibility index (Phi) is 14.8. The zero-order valence-electron chi connectivity index (χ0n) is 8.35. The molecule has 0 amide bonds. The smallest absolute Gasteiger partial charge is 0.324 e. The molecule has 1 unspecified atom stereocenters. The van der Waals surface area contributed by atoms with Crippen LogP contribution in [0.3, 0.4) is 0 Å². The van der Waals surface area contributed by atoms with Crippen molar-refractivity contribution in [3.8, 4) is 0 Å². The molecule has 4 N–H and O–H groups in total. The number of aliphatic hydroxyl groups is 1. The highest BCUT2D eigenvalue weighted by Gasteiger charge is 2.01. The van der Waals surface area contributed by atoms with Crippen molar-refractivity contribution in [2.75, 3.05) is 6.61 Å². The van der Waals surface area contributed by atoms with Crippen LogP contribution in [-0.2, 0) is 0 Å². The number of hydrogen-bond donors (Lipinski definition) is 4. The average Bonchev–Trinajstić information content (AvgIpc) is 2.06. The van der Waals surface area contributed by atoms with Gasteiger partial charge < -0.3 is 19.8 Å². The Hall–Kier alpha value is 0.270. The first-order chi connectivity index (χ1) is 6.08. The molecule has 0 bridgehead atoms. The first kappa shape index (κ1) is 15.7. The van der Waals surface area contributed by atoms with Crippen LogP contribution < -0.4 is 0 Å². The third kappa shape index (κ3) is 18.9. The highest BCUT2D eigenvalue weighted by Crippen LogP contribution is 2.11. The van der Waals surface area contributed by atoms with Crippen LogP contribution in [0.5, 0.6) is 0 Å². The zero-order valence-corrected chi connectivity index (χ0v) is 9.24. The lowest BCUT2D eigenvalue weighted by molar-refractivity contribution is 0.212. The van der Waals surface area contributed by atoms with Crippen molar-refractivity contribution in [2.24, 2.45) is 5.92 Å². The van der Waals surface area contributed by atoms with E-state index in [0.717, 1.165) is 6.42 Å². The summed E-state index contributed by atoms with van der Waals surface area (Å²) < 4.78 is 0. The summed E-state index contributed by atoms with van der Waals surface area (Å²) in [5.41, 5.74) is 0. The van der Waals surface area contributed by atoms with Crippen LogP contribution in [0.15, 0.2) is 0 Å². The SMILES string of the molecule is CCCCC(CC)CO.OP(O)O. The van der Waals surface area contributed by atoms with Crippen LogP contribution in [-0.4, -0.2) is 26.4 Å². The summed E-state index contributed by atoms with van der Waals surface area (Å²) in [5.74, 6) is 0.560. The van der Waals surface area contributed by atoms with Gasteiger partial charge in [-0.15, -0.1) is 0 Å². The zero-order chi connectivity index (χ0) is 10.7. The molecule has 13 heavy (non-hydrogen) atoms. The predicted molar refractivity (Wildman–Crippen MR) is 54.0 cm³/mol. The van der Waals surface area contributed by atoms with Crippen molar-refractivity contribution in [3.63, 3.8) is 0 Å². The normalized spacial score (nSPS) is 12.2. The molecular weight excluding hydrogens is 191 g/mol. The Morgan fingerprint density at radius 2 is 1.62 bits per heavy atom. The highest BCUT2D eigenvalue weighted by atomic mass is 31.2. The van der Waals surface area contributed by atoms with Crippen LogP contribution >= 0.6 is 8.60 Å². The minimum absolute atomic E-state index is 0.372. The van der Waals surface area contributed by atoms with E-state index in [1.54, 1.807) is 0 Å². The maximum absolute atomic E-state index is 8.75. The van der Waals surface area contributed by atoms with Crippen molar-refractivity contribution in [1.82, 2.24) is 0 Å². The fourth-order valence-corrected chi connectivity index (χ4v) is 0.917. The Morgan fingerprint density at radius 1 is 1.15 bits per heavy atom. The number of aliphatic hydroxyl groups excluding tert-OH is 1. The first-order valence-corrected chi connectivity index (χ1v) is 5.76. The van der Waals surface area contributed by atoms with Crippen LogP contribution in [0, 0.1) is 5.92 Å². The Labute approximate surface area is 81.2 Å². The maximum atomic E-state index is 8.75. The molecule has 0 radical (unpaired) electrons. The van der Waals surface area contributed by atoms with Gasteiger partial charge in [-0.1, -0.05) is 33.1 Å². The fourth-order valence-electron chi connectivity index (χ4n) is 0.917. The quantitative estimate of drug-likeness (QED) is 0.519. The lowest BCUT2D eigenvalue weighted by Gasteiger charge is -2.08. The monoisotopic (exact) mass is 212 g/mol. The number of unbranched alkanes of at least 4 members (excludes halogenated alkanes) is 1. The lowest BCUT2D eigenvalue weighted by Crippen LogP contribution is -2.03. The molecule has 0 aliphatic carbocycles. The molecule has 0 aliphatic heterocycles. The summed E-state index contributed by atoms with van der Waals surface area (Å²) in [5, 5.41) is 8.75. The van der Waals surface area contributed by atoms with Crippen LogP contribution in [0.2, 0.25) is 0 Å². The fraction of sp³-hybridized carbons (Fsp3) is 1.00. The maximum Gasteiger partial charge on any atom is 0.324 e. The second-order valence-corrected chi connectivity index (χ2v) is 3.40. The lowest BCUT2D eigenvalue weighted by atomic mass is 10.0. The summed E-state index contributed by atoms with van der Waals surface area (Å²) in [6.07, 6.45) is 4.83. The van der Waals surface area contributed by atoms with Gasteiger partial charge in [-0.25, -0.2) is 0 Å². The largest absolute Gasteiger partial charge is 0.396 e. The summed E-state index contributed by atoms with van der Waals surface area (Å²) in [6, 6.07) is 0. The molecule has 4 nitrogen and oxygen atoms in total. The van der Waals surface area contributed by atoms with E-state index < -0.39 is 8.60 Å². The summed E-state index contributed by atoms with van der Waals surface area (Å²) in [6.45, 7) is 4.69. The number of rotatable bonds is 5. The molecule has 0 spiro atoms. The highest BCUT2D eigenvalue weighted by molar-refractivity contribution is 7.38.